The first-order chi connectivity index (χ1) is 16.5. The van der Waals surface area contributed by atoms with Crippen LogP contribution in [0.5, 0.6) is 0 Å². The monoisotopic (exact) mass is 491 g/mol. The second-order valence-electron chi connectivity index (χ2n) is 7.72. The third-order valence-electron chi connectivity index (χ3n) is 5.45. The average Bonchev–Trinajstić information content (AvgIpc) is 2.82. The molecule has 11 heteroatoms. The quantitative estimate of drug-likeness (QED) is 0.449. The molecule has 8 nitrogen and oxygen atoms in total. The minimum absolute atomic E-state index is 0.0275. The number of hydrogen-bond acceptors (Lipinski definition) is 5. The van der Waals surface area contributed by atoms with Crippen LogP contribution >= 0.6 is 0 Å². The lowest BCUT2D eigenvalue weighted by molar-refractivity contribution is -0.141. The number of nitrogens with one attached hydrogen (secondary N) is 2. The van der Waals surface area contributed by atoms with E-state index in [1.807, 2.05) is 0 Å². The number of nitrogens with zero attached hydrogens (tertiary/aromatic N) is 1. The van der Waals surface area contributed by atoms with Crippen LogP contribution in [0.25, 0.3) is 0 Å². The van der Waals surface area contributed by atoms with Gasteiger partial charge in [-0.3, -0.25) is 4.79 Å². The van der Waals surface area contributed by atoms with E-state index in [0.717, 1.165) is 24.3 Å². The van der Waals surface area contributed by atoms with Crippen molar-refractivity contribution in [3.05, 3.63) is 76.5 Å². The standard InChI is InChI=1S/C24H24F3N3O5/c1-14-19(22(32)35-12-11-34-3)20(29-23(33)30(14)2)16-5-4-6-18(13-16)28-21(31)15-7-9-17(10-8-15)24(25,26)27/h4-10,13,20H,11-12H2,1-3H3,(H,28,31)(H,29,33). The van der Waals surface area contributed by atoms with Crippen molar-refractivity contribution in [3.8, 4) is 0 Å². The highest BCUT2D eigenvalue weighted by atomic mass is 19.4. The Labute approximate surface area is 199 Å². The number of methoxy groups -OCH3 is 1. The molecule has 1 unspecified atom stereocenters. The Balaban J connectivity index is 1.85. The zero-order chi connectivity index (χ0) is 25.8. The van der Waals surface area contributed by atoms with Gasteiger partial charge < -0.3 is 25.0 Å². The predicted molar refractivity (Wildman–Crippen MR) is 120 cm³/mol. The van der Waals surface area contributed by atoms with Crippen LogP contribution in [0.3, 0.4) is 0 Å². The number of anilines is 1. The number of alkyl halides is 3. The molecule has 0 bridgehead atoms. The van der Waals surface area contributed by atoms with E-state index in [9.17, 15) is 27.6 Å². The molecule has 0 radical (unpaired) electrons. The predicted octanol–water partition coefficient (Wildman–Crippen LogP) is 4.12. The van der Waals surface area contributed by atoms with Crippen molar-refractivity contribution < 1.29 is 37.0 Å². The number of rotatable bonds is 7. The highest BCUT2D eigenvalue weighted by Crippen LogP contribution is 2.32. The van der Waals surface area contributed by atoms with Crippen molar-refractivity contribution in [2.75, 3.05) is 32.7 Å². The zero-order valence-corrected chi connectivity index (χ0v) is 19.2. The largest absolute Gasteiger partial charge is 0.460 e. The number of esters is 1. The van der Waals surface area contributed by atoms with Crippen molar-refractivity contribution in [3.63, 3.8) is 0 Å². The fourth-order valence-corrected chi connectivity index (χ4v) is 3.46. The van der Waals surface area contributed by atoms with E-state index in [0.29, 0.717) is 16.9 Å². The number of benzene rings is 2. The first-order valence-electron chi connectivity index (χ1n) is 10.5. The molecule has 2 aromatic rings. The number of hydrogen-bond donors (Lipinski definition) is 2. The molecular weight excluding hydrogens is 467 g/mol. The van der Waals surface area contributed by atoms with Crippen LogP contribution in [0.15, 0.2) is 59.8 Å². The van der Waals surface area contributed by atoms with Crippen molar-refractivity contribution in [2.45, 2.75) is 19.1 Å². The molecule has 0 saturated carbocycles. The third-order valence-corrected chi connectivity index (χ3v) is 5.45. The Morgan fingerprint density at radius 2 is 1.80 bits per heavy atom. The minimum atomic E-state index is -4.50. The number of urea groups is 1. The summed E-state index contributed by atoms with van der Waals surface area (Å²) in [6.07, 6.45) is -4.50. The van der Waals surface area contributed by atoms with Crippen LogP contribution in [0.1, 0.15) is 34.5 Å². The lowest BCUT2D eigenvalue weighted by atomic mass is 9.94. The van der Waals surface area contributed by atoms with Crippen LogP contribution in [0, 0.1) is 0 Å². The maximum Gasteiger partial charge on any atom is 0.416 e. The van der Waals surface area contributed by atoms with Crippen LogP contribution in [0.2, 0.25) is 0 Å². The minimum Gasteiger partial charge on any atom is -0.460 e. The summed E-state index contributed by atoms with van der Waals surface area (Å²) in [6.45, 7) is 1.85. The second-order valence-corrected chi connectivity index (χ2v) is 7.72. The van der Waals surface area contributed by atoms with Gasteiger partial charge in [-0.25, -0.2) is 9.59 Å². The Hall–Kier alpha value is -3.86. The van der Waals surface area contributed by atoms with Crippen molar-refractivity contribution in [1.82, 2.24) is 10.2 Å². The number of allylic oxidation sites excluding steroid dienone is 1. The Bertz CT molecular complexity index is 1150. The first kappa shape index (κ1) is 25.8. The number of carbonyl (C=O) groups excluding carboxylic acids is 3. The summed E-state index contributed by atoms with van der Waals surface area (Å²) in [5, 5.41) is 5.37. The molecule has 3 rings (SSSR count). The summed E-state index contributed by atoms with van der Waals surface area (Å²) < 4.78 is 48.5. The molecule has 0 aliphatic carbocycles. The van der Waals surface area contributed by atoms with E-state index in [4.69, 9.17) is 9.47 Å². The molecule has 1 atom stereocenters. The first-order valence-corrected chi connectivity index (χ1v) is 10.5. The van der Waals surface area contributed by atoms with Gasteiger partial charge in [0.25, 0.3) is 5.91 Å². The summed E-state index contributed by atoms with van der Waals surface area (Å²) in [7, 11) is 2.99. The summed E-state index contributed by atoms with van der Waals surface area (Å²) >= 11 is 0. The lowest BCUT2D eigenvalue weighted by Crippen LogP contribution is -2.46. The van der Waals surface area contributed by atoms with Gasteiger partial charge in [0.05, 0.1) is 23.8 Å². The highest BCUT2D eigenvalue weighted by molar-refractivity contribution is 6.04. The Morgan fingerprint density at radius 3 is 2.43 bits per heavy atom. The van der Waals surface area contributed by atoms with Gasteiger partial charge in [-0.15, -0.1) is 0 Å². The van der Waals surface area contributed by atoms with Gasteiger partial charge in [0, 0.05) is 31.1 Å². The molecule has 186 valence electrons. The molecule has 1 aliphatic rings. The molecule has 1 heterocycles. The van der Waals surface area contributed by atoms with Crippen molar-refractivity contribution in [1.29, 1.82) is 0 Å². The van der Waals surface area contributed by atoms with E-state index in [-0.39, 0.29) is 24.4 Å². The van der Waals surface area contributed by atoms with Crippen LogP contribution in [-0.2, 0) is 20.4 Å². The fraction of sp³-hybridized carbons (Fsp3) is 0.292. The number of amides is 3. The molecule has 0 spiro atoms. The van der Waals surface area contributed by atoms with E-state index in [1.54, 1.807) is 31.2 Å². The molecule has 1 aliphatic heterocycles. The molecule has 0 aromatic heterocycles. The summed E-state index contributed by atoms with van der Waals surface area (Å²) in [5.74, 6) is -1.25. The fourth-order valence-electron chi connectivity index (χ4n) is 3.46. The number of carbonyl (C=O) groups is 3. The topological polar surface area (TPSA) is 97.0 Å². The van der Waals surface area contributed by atoms with Gasteiger partial charge in [-0.2, -0.15) is 13.2 Å². The van der Waals surface area contributed by atoms with Gasteiger partial charge in [-0.1, -0.05) is 12.1 Å². The van der Waals surface area contributed by atoms with E-state index >= 15 is 0 Å². The summed E-state index contributed by atoms with van der Waals surface area (Å²) in [5.41, 5.74) is 0.616. The average molecular weight is 491 g/mol. The Kier molecular flexibility index (Phi) is 7.80. The Morgan fingerprint density at radius 1 is 1.11 bits per heavy atom. The van der Waals surface area contributed by atoms with Gasteiger partial charge in [0.2, 0.25) is 0 Å². The van der Waals surface area contributed by atoms with Crippen molar-refractivity contribution in [2.24, 2.45) is 0 Å². The zero-order valence-electron chi connectivity index (χ0n) is 19.2. The van der Waals surface area contributed by atoms with Gasteiger partial charge >= 0.3 is 18.2 Å². The molecule has 35 heavy (non-hydrogen) atoms. The van der Waals surface area contributed by atoms with Crippen LogP contribution < -0.4 is 10.6 Å². The molecular formula is C24H24F3N3O5. The smallest absolute Gasteiger partial charge is 0.416 e. The molecule has 2 aromatic carbocycles. The number of halogens is 3. The van der Waals surface area contributed by atoms with E-state index < -0.39 is 35.7 Å². The molecule has 0 fully saturated rings. The van der Waals surface area contributed by atoms with E-state index in [1.165, 1.54) is 19.1 Å². The summed E-state index contributed by atoms with van der Waals surface area (Å²) in [4.78, 5) is 39.1. The van der Waals surface area contributed by atoms with Crippen LogP contribution in [0.4, 0.5) is 23.7 Å². The maximum absolute atomic E-state index is 12.8. The van der Waals surface area contributed by atoms with Crippen molar-refractivity contribution >= 4 is 23.6 Å². The van der Waals surface area contributed by atoms with Gasteiger partial charge in [0.1, 0.15) is 6.61 Å². The highest BCUT2D eigenvalue weighted by Gasteiger charge is 2.35. The van der Waals surface area contributed by atoms with Crippen LogP contribution in [-0.4, -0.2) is 50.2 Å². The maximum atomic E-state index is 12.8. The summed E-state index contributed by atoms with van der Waals surface area (Å²) in [6, 6.07) is 8.97. The second kappa shape index (κ2) is 10.6. The lowest BCUT2D eigenvalue weighted by Gasteiger charge is -2.33. The third kappa shape index (κ3) is 5.99. The SMILES string of the molecule is COCCOC(=O)C1=C(C)N(C)C(=O)NC1c1cccc(NC(=O)c2ccc(C(F)(F)F)cc2)c1. The number of ether oxygens (including phenoxy) is 2. The van der Waals surface area contributed by atoms with Gasteiger partial charge in [0.15, 0.2) is 0 Å². The van der Waals surface area contributed by atoms with Gasteiger partial charge in [-0.05, 0) is 48.9 Å². The van der Waals surface area contributed by atoms with E-state index in [2.05, 4.69) is 10.6 Å². The molecule has 3 amide bonds. The molecule has 0 saturated heterocycles. The molecule has 2 N–H and O–H groups in total. The normalized spacial score (nSPS) is 16.1.